The van der Waals surface area contributed by atoms with Gasteiger partial charge in [-0.2, -0.15) is 0 Å². The van der Waals surface area contributed by atoms with Gasteiger partial charge in [0.1, 0.15) is 6.04 Å². The van der Waals surface area contributed by atoms with Crippen molar-refractivity contribution in [3.63, 3.8) is 0 Å². The van der Waals surface area contributed by atoms with Gasteiger partial charge in [0.15, 0.2) is 0 Å². The molecule has 1 unspecified atom stereocenters. The van der Waals surface area contributed by atoms with Crippen LogP contribution < -0.4 is 15.5 Å². The first kappa shape index (κ1) is 11.9. The van der Waals surface area contributed by atoms with Crippen LogP contribution in [0.15, 0.2) is 24.3 Å². The van der Waals surface area contributed by atoms with E-state index >= 15 is 0 Å². The lowest BCUT2D eigenvalue weighted by Crippen LogP contribution is -2.45. The average Bonchev–Trinajstić information content (AvgIpc) is 2.59. The first-order chi connectivity index (χ1) is 8.24. The summed E-state index contributed by atoms with van der Waals surface area (Å²) in [7, 11) is 1.68. The van der Waals surface area contributed by atoms with Gasteiger partial charge in [0.25, 0.3) is 0 Å². The van der Waals surface area contributed by atoms with E-state index in [0.717, 1.165) is 25.3 Å². The van der Waals surface area contributed by atoms with E-state index in [1.807, 2.05) is 19.1 Å². The quantitative estimate of drug-likeness (QED) is 0.791. The molecule has 0 aliphatic carbocycles. The summed E-state index contributed by atoms with van der Waals surface area (Å²) in [5.74, 6) is 0.0571. The van der Waals surface area contributed by atoms with Crippen molar-refractivity contribution in [1.82, 2.24) is 10.6 Å². The van der Waals surface area contributed by atoms with Gasteiger partial charge in [-0.1, -0.05) is 18.2 Å². The molecule has 0 saturated heterocycles. The Balaban J connectivity index is 2.31. The van der Waals surface area contributed by atoms with Crippen LogP contribution in [-0.2, 0) is 11.3 Å². The van der Waals surface area contributed by atoms with E-state index in [9.17, 15) is 4.79 Å². The zero-order chi connectivity index (χ0) is 12.3. The van der Waals surface area contributed by atoms with E-state index in [4.69, 9.17) is 0 Å². The molecule has 0 saturated carbocycles. The zero-order valence-corrected chi connectivity index (χ0v) is 10.4. The van der Waals surface area contributed by atoms with Crippen LogP contribution in [0.1, 0.15) is 12.5 Å². The monoisotopic (exact) mass is 233 g/mol. The van der Waals surface area contributed by atoms with Gasteiger partial charge in [-0.05, 0) is 18.6 Å². The van der Waals surface area contributed by atoms with Crippen LogP contribution in [0.5, 0.6) is 0 Å². The standard InChI is InChI=1S/C13H19N3O/c1-10(13(17)14-2)16-8-7-15-9-11-5-3-4-6-12(11)16/h3-6,10,15H,7-9H2,1-2H3,(H,14,17). The van der Waals surface area contributed by atoms with Gasteiger partial charge in [-0.25, -0.2) is 0 Å². The van der Waals surface area contributed by atoms with Crippen molar-refractivity contribution in [3.8, 4) is 0 Å². The molecule has 1 aliphatic heterocycles. The van der Waals surface area contributed by atoms with Crippen LogP contribution in [-0.4, -0.2) is 32.1 Å². The normalized spacial score (nSPS) is 16.9. The van der Waals surface area contributed by atoms with Crippen LogP contribution in [0.25, 0.3) is 0 Å². The molecule has 0 spiro atoms. The van der Waals surface area contributed by atoms with E-state index in [0.29, 0.717) is 0 Å². The molecular weight excluding hydrogens is 214 g/mol. The molecule has 1 amide bonds. The van der Waals surface area contributed by atoms with E-state index < -0.39 is 0 Å². The van der Waals surface area contributed by atoms with Gasteiger partial charge in [-0.3, -0.25) is 4.79 Å². The number of nitrogens with zero attached hydrogens (tertiary/aromatic N) is 1. The van der Waals surface area contributed by atoms with Crippen LogP contribution >= 0.6 is 0 Å². The third-order valence-corrected chi connectivity index (χ3v) is 3.24. The maximum Gasteiger partial charge on any atom is 0.242 e. The van der Waals surface area contributed by atoms with Crippen LogP contribution in [0.4, 0.5) is 5.69 Å². The Morgan fingerprint density at radius 1 is 1.47 bits per heavy atom. The molecule has 2 N–H and O–H groups in total. The van der Waals surface area contributed by atoms with Gasteiger partial charge in [-0.15, -0.1) is 0 Å². The highest BCUT2D eigenvalue weighted by Gasteiger charge is 2.23. The van der Waals surface area contributed by atoms with E-state index in [-0.39, 0.29) is 11.9 Å². The smallest absolute Gasteiger partial charge is 0.242 e. The Bertz CT molecular complexity index is 405. The highest BCUT2D eigenvalue weighted by Crippen LogP contribution is 2.23. The second kappa shape index (κ2) is 5.19. The minimum atomic E-state index is -0.138. The third kappa shape index (κ3) is 2.42. The summed E-state index contributed by atoms with van der Waals surface area (Å²) in [4.78, 5) is 13.9. The fourth-order valence-corrected chi connectivity index (χ4v) is 2.24. The summed E-state index contributed by atoms with van der Waals surface area (Å²) >= 11 is 0. The van der Waals surface area contributed by atoms with E-state index in [2.05, 4.69) is 27.7 Å². The van der Waals surface area contributed by atoms with Crippen molar-refractivity contribution in [2.75, 3.05) is 25.0 Å². The van der Waals surface area contributed by atoms with Gasteiger partial charge in [0.05, 0.1) is 0 Å². The van der Waals surface area contributed by atoms with Gasteiger partial charge in [0.2, 0.25) is 5.91 Å². The fourth-order valence-electron chi connectivity index (χ4n) is 2.24. The summed E-state index contributed by atoms with van der Waals surface area (Å²) in [6, 6.07) is 8.11. The lowest BCUT2D eigenvalue weighted by atomic mass is 10.1. The maximum atomic E-state index is 11.8. The molecule has 0 bridgehead atoms. The number of benzene rings is 1. The highest BCUT2D eigenvalue weighted by molar-refractivity contribution is 5.85. The van der Waals surface area contributed by atoms with Crippen molar-refractivity contribution < 1.29 is 4.79 Å². The minimum Gasteiger partial charge on any atom is -0.358 e. The Morgan fingerprint density at radius 2 is 2.24 bits per heavy atom. The molecule has 0 fully saturated rings. The largest absolute Gasteiger partial charge is 0.358 e. The lowest BCUT2D eigenvalue weighted by Gasteiger charge is -2.29. The molecule has 4 nitrogen and oxygen atoms in total. The predicted octanol–water partition coefficient (Wildman–Crippen LogP) is 0.731. The average molecular weight is 233 g/mol. The first-order valence-electron chi connectivity index (χ1n) is 6.01. The first-order valence-corrected chi connectivity index (χ1v) is 6.01. The summed E-state index contributed by atoms with van der Waals surface area (Å²) < 4.78 is 0. The molecule has 92 valence electrons. The molecular formula is C13H19N3O. The second-order valence-corrected chi connectivity index (χ2v) is 4.29. The van der Waals surface area contributed by atoms with Gasteiger partial charge < -0.3 is 15.5 Å². The molecule has 2 rings (SSSR count). The molecule has 0 aromatic heterocycles. The number of hydrogen-bond acceptors (Lipinski definition) is 3. The number of anilines is 1. The van der Waals surface area contributed by atoms with Gasteiger partial charge >= 0.3 is 0 Å². The molecule has 0 radical (unpaired) electrons. The van der Waals surface area contributed by atoms with Crippen molar-refractivity contribution in [2.45, 2.75) is 19.5 Å². The van der Waals surface area contributed by atoms with Crippen molar-refractivity contribution >= 4 is 11.6 Å². The lowest BCUT2D eigenvalue weighted by molar-refractivity contribution is -0.121. The number of para-hydroxylation sites is 1. The van der Waals surface area contributed by atoms with Crippen molar-refractivity contribution in [2.24, 2.45) is 0 Å². The SMILES string of the molecule is CNC(=O)C(C)N1CCNCc2ccccc21. The summed E-state index contributed by atoms with van der Waals surface area (Å²) in [5.41, 5.74) is 2.41. The van der Waals surface area contributed by atoms with Crippen LogP contribution in [0, 0.1) is 0 Å². The van der Waals surface area contributed by atoms with Crippen molar-refractivity contribution in [1.29, 1.82) is 0 Å². The number of nitrogens with one attached hydrogen (secondary N) is 2. The topological polar surface area (TPSA) is 44.4 Å². The number of fused-ring (bicyclic) bond motifs is 1. The summed E-state index contributed by atoms with van der Waals surface area (Å²) in [5, 5.41) is 6.08. The molecule has 1 aromatic rings. The van der Waals surface area contributed by atoms with E-state index in [1.54, 1.807) is 7.05 Å². The second-order valence-electron chi connectivity index (χ2n) is 4.29. The molecule has 1 aromatic carbocycles. The van der Waals surface area contributed by atoms with E-state index in [1.165, 1.54) is 5.56 Å². The summed E-state index contributed by atoms with van der Waals surface area (Å²) in [6.45, 7) is 4.57. The Kier molecular flexibility index (Phi) is 3.64. The number of carbonyl (C=O) groups excluding carboxylic acids is 1. The van der Waals surface area contributed by atoms with Gasteiger partial charge in [0, 0.05) is 32.4 Å². The zero-order valence-electron chi connectivity index (χ0n) is 10.4. The number of rotatable bonds is 2. The summed E-state index contributed by atoms with van der Waals surface area (Å²) in [6.07, 6.45) is 0. The minimum absolute atomic E-state index is 0.0571. The number of amides is 1. The van der Waals surface area contributed by atoms with Crippen molar-refractivity contribution in [3.05, 3.63) is 29.8 Å². The number of carbonyl (C=O) groups is 1. The molecule has 17 heavy (non-hydrogen) atoms. The molecule has 4 heteroatoms. The Labute approximate surface area is 102 Å². The number of likely N-dealkylation sites (N-methyl/N-ethyl adjacent to an activating group) is 1. The number of hydrogen-bond donors (Lipinski definition) is 2. The fraction of sp³-hybridized carbons (Fsp3) is 0.462. The highest BCUT2D eigenvalue weighted by atomic mass is 16.2. The maximum absolute atomic E-state index is 11.8. The Morgan fingerprint density at radius 3 is 3.00 bits per heavy atom. The third-order valence-electron chi connectivity index (χ3n) is 3.24. The van der Waals surface area contributed by atoms with Crippen LogP contribution in [0.3, 0.4) is 0 Å². The van der Waals surface area contributed by atoms with Crippen LogP contribution in [0.2, 0.25) is 0 Å². The molecule has 1 atom stereocenters. The Hall–Kier alpha value is -1.55. The predicted molar refractivity (Wildman–Crippen MR) is 69.0 cm³/mol. The molecule has 1 heterocycles. The molecule has 1 aliphatic rings.